The molecule has 1 aliphatic rings. The molecule has 0 aromatic carbocycles. The maximum atomic E-state index is 11.4. The lowest BCUT2D eigenvalue weighted by atomic mass is 10.4. The summed E-state index contributed by atoms with van der Waals surface area (Å²) >= 11 is 1.57. The summed E-state index contributed by atoms with van der Waals surface area (Å²) in [6.07, 6.45) is 2.44. The lowest BCUT2D eigenvalue weighted by molar-refractivity contribution is -0.402. The molecule has 1 aromatic heterocycles. The third kappa shape index (κ3) is 3.25. The zero-order valence-electron chi connectivity index (χ0n) is 10.0. The summed E-state index contributed by atoms with van der Waals surface area (Å²) in [5, 5.41) is 15.5. The van der Waals surface area contributed by atoms with Gasteiger partial charge >= 0.3 is 12.0 Å². The number of hydrogen-bond donors (Lipinski definition) is 0. The number of thioether (sulfide) groups is 1. The largest absolute Gasteiger partial charge is 0.442 e. The predicted octanol–water partition coefficient (Wildman–Crippen LogP) is 1.71. The summed E-state index contributed by atoms with van der Waals surface area (Å²) < 4.78 is 9.94. The zero-order valence-corrected chi connectivity index (χ0v) is 10.8. The van der Waals surface area contributed by atoms with Crippen molar-refractivity contribution < 1.29 is 18.9 Å². The maximum Gasteiger partial charge on any atom is 0.433 e. The molecule has 0 aliphatic carbocycles. The fraction of sp³-hybridized carbons (Fsp3) is 0.400. The number of carbonyl (C=O) groups excluding carboxylic acids is 1. The van der Waals surface area contributed by atoms with E-state index in [1.807, 2.05) is 6.26 Å². The van der Waals surface area contributed by atoms with Crippen LogP contribution in [0.1, 0.15) is 5.76 Å². The van der Waals surface area contributed by atoms with E-state index in [9.17, 15) is 14.9 Å². The number of rotatable bonds is 5. The highest BCUT2D eigenvalue weighted by molar-refractivity contribution is 7.98. The number of nitro groups is 1. The number of ether oxygens (including phenoxy) is 1. The first-order chi connectivity index (χ1) is 9.10. The summed E-state index contributed by atoms with van der Waals surface area (Å²) in [6, 6.07) is 2.63. The van der Waals surface area contributed by atoms with Gasteiger partial charge in [-0.15, -0.1) is 0 Å². The van der Waals surface area contributed by atoms with Gasteiger partial charge < -0.3 is 9.15 Å². The molecule has 0 N–H and O–H groups in total. The van der Waals surface area contributed by atoms with Crippen molar-refractivity contribution in [2.24, 2.45) is 5.10 Å². The Morgan fingerprint density at radius 3 is 3.11 bits per heavy atom. The van der Waals surface area contributed by atoms with Crippen LogP contribution in [0.3, 0.4) is 0 Å². The average molecular weight is 285 g/mol. The summed E-state index contributed by atoms with van der Waals surface area (Å²) in [5.41, 5.74) is 0. The van der Waals surface area contributed by atoms with Gasteiger partial charge in [-0.3, -0.25) is 10.1 Å². The molecule has 0 saturated carbocycles. The Bertz CT molecular complexity index is 515. The van der Waals surface area contributed by atoms with E-state index in [1.165, 1.54) is 18.3 Å². The molecule has 1 atom stereocenters. The zero-order chi connectivity index (χ0) is 13.8. The highest BCUT2D eigenvalue weighted by Gasteiger charge is 2.30. The molecule has 0 bridgehead atoms. The van der Waals surface area contributed by atoms with E-state index in [1.54, 1.807) is 11.8 Å². The van der Waals surface area contributed by atoms with Gasteiger partial charge in [0.05, 0.1) is 18.8 Å². The number of cyclic esters (lactones) is 1. The number of hydrazone groups is 1. The van der Waals surface area contributed by atoms with Crippen molar-refractivity contribution in [1.29, 1.82) is 0 Å². The van der Waals surface area contributed by atoms with Crippen LogP contribution in [0.25, 0.3) is 0 Å². The molecule has 1 aliphatic heterocycles. The fourth-order valence-electron chi connectivity index (χ4n) is 1.51. The first kappa shape index (κ1) is 13.4. The van der Waals surface area contributed by atoms with Crippen molar-refractivity contribution in [3.8, 4) is 0 Å². The molecule has 9 heteroatoms. The Kier molecular flexibility index (Phi) is 4.05. The molecule has 2 heterocycles. The summed E-state index contributed by atoms with van der Waals surface area (Å²) in [5.74, 6) is 0.530. The van der Waals surface area contributed by atoms with E-state index in [-0.39, 0.29) is 17.7 Å². The van der Waals surface area contributed by atoms with Gasteiger partial charge in [0.1, 0.15) is 11.0 Å². The van der Waals surface area contributed by atoms with Crippen LogP contribution in [-0.4, -0.2) is 46.9 Å². The molecule has 1 amide bonds. The minimum absolute atomic E-state index is 0.189. The second-order valence-electron chi connectivity index (χ2n) is 3.72. The molecule has 0 radical (unpaired) electrons. The number of furan rings is 1. The Labute approximate surface area is 112 Å². The summed E-state index contributed by atoms with van der Waals surface area (Å²) in [4.78, 5) is 21.2. The molecular formula is C10H11N3O5S. The van der Waals surface area contributed by atoms with Crippen LogP contribution in [0.2, 0.25) is 0 Å². The lowest BCUT2D eigenvalue weighted by Gasteiger charge is -2.04. The van der Waals surface area contributed by atoms with Gasteiger partial charge in [-0.2, -0.15) is 21.9 Å². The van der Waals surface area contributed by atoms with E-state index in [0.717, 1.165) is 5.01 Å². The molecule has 2 rings (SSSR count). The fourth-order valence-corrected chi connectivity index (χ4v) is 2.06. The quantitative estimate of drug-likeness (QED) is 0.464. The first-order valence-electron chi connectivity index (χ1n) is 5.35. The molecule has 19 heavy (non-hydrogen) atoms. The van der Waals surface area contributed by atoms with Crippen molar-refractivity contribution in [2.75, 3.05) is 18.6 Å². The van der Waals surface area contributed by atoms with Crippen molar-refractivity contribution in [1.82, 2.24) is 5.01 Å². The number of hydrogen-bond acceptors (Lipinski definition) is 7. The standard InChI is InChI=1S/C10H11N3O5S/c1-19-6-8-5-12(10(14)18-8)11-4-7-2-3-9(17-7)13(15)16/h2-4,8H,5-6H2,1H3/b11-4-/t8-/m0/s1. The third-order valence-corrected chi connectivity index (χ3v) is 3.03. The Balaban J connectivity index is 1.98. The molecule has 1 fully saturated rings. The van der Waals surface area contributed by atoms with E-state index in [4.69, 9.17) is 9.15 Å². The number of nitrogens with zero attached hydrogens (tertiary/aromatic N) is 3. The molecule has 1 saturated heterocycles. The molecule has 8 nitrogen and oxygen atoms in total. The maximum absolute atomic E-state index is 11.4. The van der Waals surface area contributed by atoms with Crippen LogP contribution in [0.4, 0.5) is 10.7 Å². The van der Waals surface area contributed by atoms with E-state index in [0.29, 0.717) is 12.3 Å². The van der Waals surface area contributed by atoms with Gasteiger partial charge in [0.15, 0.2) is 5.76 Å². The summed E-state index contributed by atoms with van der Waals surface area (Å²) in [7, 11) is 0. The molecule has 1 aromatic rings. The Morgan fingerprint density at radius 2 is 2.47 bits per heavy atom. The van der Waals surface area contributed by atoms with E-state index < -0.39 is 11.0 Å². The lowest BCUT2D eigenvalue weighted by Crippen LogP contribution is -2.19. The van der Waals surface area contributed by atoms with Gasteiger partial charge in [0, 0.05) is 5.75 Å². The van der Waals surface area contributed by atoms with Crippen LogP contribution in [0, 0.1) is 10.1 Å². The smallest absolute Gasteiger partial charge is 0.433 e. The predicted molar refractivity (Wildman–Crippen MR) is 68.3 cm³/mol. The van der Waals surface area contributed by atoms with Gasteiger partial charge in [-0.05, 0) is 12.3 Å². The molecular weight excluding hydrogens is 274 g/mol. The Morgan fingerprint density at radius 1 is 1.68 bits per heavy atom. The van der Waals surface area contributed by atoms with Crippen molar-refractivity contribution in [2.45, 2.75) is 6.10 Å². The number of amides is 1. The topological polar surface area (TPSA) is 98.2 Å². The third-order valence-electron chi connectivity index (χ3n) is 2.32. The van der Waals surface area contributed by atoms with Crippen molar-refractivity contribution >= 4 is 30.0 Å². The first-order valence-corrected chi connectivity index (χ1v) is 6.75. The van der Waals surface area contributed by atoms with E-state index in [2.05, 4.69) is 5.10 Å². The second kappa shape index (κ2) is 5.74. The Hall–Kier alpha value is -2.03. The highest BCUT2D eigenvalue weighted by Crippen LogP contribution is 2.16. The van der Waals surface area contributed by atoms with Gasteiger partial charge in [0.2, 0.25) is 0 Å². The van der Waals surface area contributed by atoms with Crippen molar-refractivity contribution in [3.05, 3.63) is 28.0 Å². The minimum atomic E-state index is -0.643. The van der Waals surface area contributed by atoms with Crippen LogP contribution in [-0.2, 0) is 4.74 Å². The molecule has 0 spiro atoms. The van der Waals surface area contributed by atoms with Gasteiger partial charge in [0.25, 0.3) is 0 Å². The normalized spacial score (nSPS) is 19.1. The SMILES string of the molecule is CSC[C@@H]1CN(/N=C\c2ccc([N+](=O)[O-])o2)C(=O)O1. The molecule has 102 valence electrons. The van der Waals surface area contributed by atoms with Crippen LogP contribution in [0.5, 0.6) is 0 Å². The van der Waals surface area contributed by atoms with E-state index >= 15 is 0 Å². The minimum Gasteiger partial charge on any atom is -0.442 e. The summed E-state index contributed by atoms with van der Waals surface area (Å²) in [6.45, 7) is 0.360. The molecule has 0 unspecified atom stereocenters. The van der Waals surface area contributed by atoms with Gasteiger partial charge in [-0.1, -0.05) is 0 Å². The van der Waals surface area contributed by atoms with Crippen LogP contribution >= 0.6 is 11.8 Å². The average Bonchev–Trinajstić information content (AvgIpc) is 2.94. The van der Waals surface area contributed by atoms with Gasteiger partial charge in [-0.25, -0.2) is 4.79 Å². The second-order valence-corrected chi connectivity index (χ2v) is 4.63. The van der Waals surface area contributed by atoms with Crippen molar-refractivity contribution in [3.63, 3.8) is 0 Å². The highest BCUT2D eigenvalue weighted by atomic mass is 32.2. The number of carbonyl (C=O) groups is 1. The van der Waals surface area contributed by atoms with Crippen LogP contribution in [0.15, 0.2) is 21.7 Å². The van der Waals surface area contributed by atoms with Crippen LogP contribution < -0.4 is 0 Å². The monoisotopic (exact) mass is 285 g/mol.